The van der Waals surface area contributed by atoms with E-state index in [4.69, 9.17) is 38.4 Å². The van der Waals surface area contributed by atoms with E-state index in [1.807, 2.05) is 37.3 Å². The zero-order chi connectivity index (χ0) is 15.4. The molecular weight excluding hydrogens is 309 g/mol. The van der Waals surface area contributed by atoms with Gasteiger partial charge in [0.05, 0.1) is 17.2 Å². The highest BCUT2D eigenvalue weighted by molar-refractivity contribution is 6.42. The molecule has 2 aromatic carbocycles. The Balaban J connectivity index is 2.24. The van der Waals surface area contributed by atoms with Crippen molar-refractivity contribution >= 4 is 23.2 Å². The number of benzene rings is 2. The molecule has 21 heavy (non-hydrogen) atoms. The van der Waals surface area contributed by atoms with Gasteiger partial charge in [0.1, 0.15) is 18.1 Å². The van der Waals surface area contributed by atoms with E-state index in [9.17, 15) is 0 Å². The van der Waals surface area contributed by atoms with Crippen molar-refractivity contribution < 1.29 is 9.47 Å². The molecule has 0 spiro atoms. The molecule has 0 amide bonds. The monoisotopic (exact) mass is 325 g/mol. The van der Waals surface area contributed by atoms with E-state index in [1.54, 1.807) is 13.2 Å². The van der Waals surface area contributed by atoms with Gasteiger partial charge < -0.3 is 15.2 Å². The molecule has 0 aromatic heterocycles. The van der Waals surface area contributed by atoms with Crippen LogP contribution in [0.4, 0.5) is 0 Å². The normalized spacial score (nSPS) is 12.0. The molecule has 2 N–H and O–H groups in total. The fourth-order valence-electron chi connectivity index (χ4n) is 1.96. The van der Waals surface area contributed by atoms with Crippen LogP contribution in [0.5, 0.6) is 11.5 Å². The van der Waals surface area contributed by atoms with Gasteiger partial charge in [-0.1, -0.05) is 41.4 Å². The van der Waals surface area contributed by atoms with Crippen LogP contribution in [-0.4, -0.2) is 7.11 Å². The summed E-state index contributed by atoms with van der Waals surface area (Å²) in [5.41, 5.74) is 7.69. The first-order valence-electron chi connectivity index (χ1n) is 6.52. The molecule has 2 aromatic rings. The third-order valence-corrected chi connectivity index (χ3v) is 3.98. The molecular formula is C16H17Cl2NO2. The van der Waals surface area contributed by atoms with Crippen molar-refractivity contribution in [3.63, 3.8) is 0 Å². The molecule has 0 fully saturated rings. The fourth-order valence-corrected chi connectivity index (χ4v) is 2.33. The van der Waals surface area contributed by atoms with Gasteiger partial charge in [-0.2, -0.15) is 0 Å². The van der Waals surface area contributed by atoms with Gasteiger partial charge in [-0.15, -0.1) is 0 Å². The van der Waals surface area contributed by atoms with Gasteiger partial charge >= 0.3 is 0 Å². The summed E-state index contributed by atoms with van der Waals surface area (Å²) in [5.74, 6) is 1.40. The molecule has 0 aliphatic rings. The number of nitrogens with two attached hydrogens (primary N) is 1. The predicted molar refractivity (Wildman–Crippen MR) is 86.4 cm³/mol. The van der Waals surface area contributed by atoms with E-state index in [1.165, 1.54) is 0 Å². The lowest BCUT2D eigenvalue weighted by atomic mass is 10.1. The minimum atomic E-state index is -0.138. The first-order valence-corrected chi connectivity index (χ1v) is 7.27. The highest BCUT2D eigenvalue weighted by Crippen LogP contribution is 2.31. The van der Waals surface area contributed by atoms with Crippen LogP contribution >= 0.6 is 23.2 Å². The Bertz CT molecular complexity index is 630. The second-order valence-electron chi connectivity index (χ2n) is 4.69. The van der Waals surface area contributed by atoms with Crippen molar-refractivity contribution in [2.24, 2.45) is 5.73 Å². The van der Waals surface area contributed by atoms with Gasteiger partial charge in [0.25, 0.3) is 0 Å². The lowest BCUT2D eigenvalue weighted by molar-refractivity contribution is 0.299. The van der Waals surface area contributed by atoms with Crippen LogP contribution in [0.2, 0.25) is 10.0 Å². The van der Waals surface area contributed by atoms with E-state index < -0.39 is 0 Å². The molecule has 0 saturated heterocycles. The molecule has 0 aliphatic heterocycles. The SMILES string of the molecule is COc1ccc([C@@H](C)N)c(OCc2cccc(Cl)c2Cl)c1. The van der Waals surface area contributed by atoms with Crippen molar-refractivity contribution in [1.29, 1.82) is 0 Å². The van der Waals surface area contributed by atoms with Crippen molar-refractivity contribution in [1.82, 2.24) is 0 Å². The van der Waals surface area contributed by atoms with E-state index in [2.05, 4.69) is 0 Å². The molecule has 0 bridgehead atoms. The van der Waals surface area contributed by atoms with E-state index in [0.29, 0.717) is 28.2 Å². The molecule has 1 atom stereocenters. The zero-order valence-corrected chi connectivity index (χ0v) is 13.4. The second kappa shape index (κ2) is 7.03. The number of hydrogen-bond donors (Lipinski definition) is 1. The molecule has 112 valence electrons. The standard InChI is InChI=1S/C16H17Cl2NO2/c1-10(19)13-7-6-12(20-2)8-15(13)21-9-11-4-3-5-14(17)16(11)18/h3-8,10H,9,19H2,1-2H3/t10-/m1/s1. The van der Waals surface area contributed by atoms with Crippen LogP contribution in [0.1, 0.15) is 24.1 Å². The minimum Gasteiger partial charge on any atom is -0.497 e. The van der Waals surface area contributed by atoms with Crippen LogP contribution in [0.15, 0.2) is 36.4 Å². The van der Waals surface area contributed by atoms with Gasteiger partial charge in [0.2, 0.25) is 0 Å². The van der Waals surface area contributed by atoms with Crippen LogP contribution in [0.3, 0.4) is 0 Å². The zero-order valence-electron chi connectivity index (χ0n) is 11.9. The van der Waals surface area contributed by atoms with Crippen molar-refractivity contribution in [3.8, 4) is 11.5 Å². The molecule has 2 rings (SSSR count). The maximum absolute atomic E-state index is 6.16. The topological polar surface area (TPSA) is 44.5 Å². The van der Waals surface area contributed by atoms with Gasteiger partial charge in [0.15, 0.2) is 0 Å². The summed E-state index contributed by atoms with van der Waals surface area (Å²) < 4.78 is 11.1. The number of ether oxygens (including phenoxy) is 2. The summed E-state index contributed by atoms with van der Waals surface area (Å²) in [4.78, 5) is 0. The average molecular weight is 326 g/mol. The highest BCUT2D eigenvalue weighted by atomic mass is 35.5. The first kappa shape index (κ1) is 16.0. The third-order valence-electron chi connectivity index (χ3n) is 3.13. The number of rotatable bonds is 5. The van der Waals surface area contributed by atoms with Gasteiger partial charge in [-0.3, -0.25) is 0 Å². The van der Waals surface area contributed by atoms with Crippen molar-refractivity contribution in [3.05, 3.63) is 57.6 Å². The van der Waals surface area contributed by atoms with E-state index in [0.717, 1.165) is 11.1 Å². The number of methoxy groups -OCH3 is 1. The first-order chi connectivity index (χ1) is 10.0. The largest absolute Gasteiger partial charge is 0.497 e. The molecule has 3 nitrogen and oxygen atoms in total. The second-order valence-corrected chi connectivity index (χ2v) is 5.48. The van der Waals surface area contributed by atoms with Crippen LogP contribution in [0, 0.1) is 0 Å². The van der Waals surface area contributed by atoms with Gasteiger partial charge in [-0.25, -0.2) is 0 Å². The van der Waals surface area contributed by atoms with E-state index in [-0.39, 0.29) is 6.04 Å². The number of hydrogen-bond acceptors (Lipinski definition) is 3. The molecule has 0 aliphatic carbocycles. The Kier molecular flexibility index (Phi) is 5.34. The lowest BCUT2D eigenvalue weighted by Gasteiger charge is -2.16. The minimum absolute atomic E-state index is 0.138. The Hall–Kier alpha value is -1.42. The fraction of sp³-hybridized carbons (Fsp3) is 0.250. The molecule has 0 radical (unpaired) electrons. The summed E-state index contributed by atoms with van der Waals surface area (Å²) in [6.45, 7) is 2.22. The molecule has 0 saturated carbocycles. The maximum Gasteiger partial charge on any atom is 0.128 e. The van der Waals surface area contributed by atoms with Crippen LogP contribution in [-0.2, 0) is 6.61 Å². The quantitative estimate of drug-likeness (QED) is 0.873. The van der Waals surface area contributed by atoms with Crippen molar-refractivity contribution in [2.45, 2.75) is 19.6 Å². The Morgan fingerprint density at radius 3 is 2.62 bits per heavy atom. The van der Waals surface area contributed by atoms with E-state index >= 15 is 0 Å². The smallest absolute Gasteiger partial charge is 0.128 e. The third kappa shape index (κ3) is 3.82. The molecule has 0 unspecified atom stereocenters. The lowest BCUT2D eigenvalue weighted by Crippen LogP contribution is -2.08. The summed E-state index contributed by atoms with van der Waals surface area (Å²) in [7, 11) is 1.61. The van der Waals surface area contributed by atoms with Gasteiger partial charge in [-0.05, 0) is 19.1 Å². The molecule has 5 heteroatoms. The number of halogens is 2. The molecule has 0 heterocycles. The Morgan fingerprint density at radius 1 is 1.19 bits per heavy atom. The van der Waals surface area contributed by atoms with Gasteiger partial charge in [0, 0.05) is 23.2 Å². The van der Waals surface area contributed by atoms with Crippen molar-refractivity contribution in [2.75, 3.05) is 7.11 Å². The Morgan fingerprint density at radius 2 is 1.95 bits per heavy atom. The summed E-state index contributed by atoms with van der Waals surface area (Å²) in [6.07, 6.45) is 0. The Labute approximate surface area is 134 Å². The summed E-state index contributed by atoms with van der Waals surface area (Å²) >= 11 is 12.2. The van der Waals surface area contributed by atoms with Crippen LogP contribution < -0.4 is 15.2 Å². The van der Waals surface area contributed by atoms with Crippen LogP contribution in [0.25, 0.3) is 0 Å². The summed E-state index contributed by atoms with van der Waals surface area (Å²) in [6, 6.07) is 10.9. The highest BCUT2D eigenvalue weighted by Gasteiger charge is 2.11. The maximum atomic E-state index is 6.16. The predicted octanol–water partition coefficient (Wildman–Crippen LogP) is 4.60. The summed E-state index contributed by atoms with van der Waals surface area (Å²) in [5, 5.41) is 1.01. The average Bonchev–Trinajstić information content (AvgIpc) is 2.48.